The maximum absolute atomic E-state index is 12.0. The van der Waals surface area contributed by atoms with Crippen molar-refractivity contribution in [3.05, 3.63) is 23.2 Å². The molecule has 1 rings (SSSR count). The van der Waals surface area contributed by atoms with Crippen LogP contribution in [0.1, 0.15) is 13.8 Å². The maximum Gasteiger partial charge on any atom is 0.229 e. The van der Waals surface area contributed by atoms with Gasteiger partial charge in [-0.1, -0.05) is 25.4 Å². The van der Waals surface area contributed by atoms with Crippen LogP contribution in [0.15, 0.2) is 18.2 Å². The zero-order valence-corrected chi connectivity index (χ0v) is 11.6. The molecular formula is C13H19ClN2O2. The van der Waals surface area contributed by atoms with Gasteiger partial charge in [0.25, 0.3) is 0 Å². The van der Waals surface area contributed by atoms with E-state index in [4.69, 9.17) is 22.1 Å². The molecule has 0 aliphatic rings. The zero-order chi connectivity index (χ0) is 13.7. The van der Waals surface area contributed by atoms with E-state index in [1.165, 1.54) is 0 Å². The van der Waals surface area contributed by atoms with Gasteiger partial charge in [0.15, 0.2) is 0 Å². The quantitative estimate of drug-likeness (QED) is 0.864. The minimum Gasteiger partial charge on any atom is -0.497 e. The van der Waals surface area contributed by atoms with Crippen LogP contribution in [0, 0.1) is 11.8 Å². The minimum absolute atomic E-state index is 0.123. The summed E-state index contributed by atoms with van der Waals surface area (Å²) in [6.07, 6.45) is 0. The molecule has 18 heavy (non-hydrogen) atoms. The Balaban J connectivity index is 2.86. The normalized spacial score (nSPS) is 12.3. The molecule has 0 aromatic heterocycles. The van der Waals surface area contributed by atoms with Gasteiger partial charge >= 0.3 is 0 Å². The zero-order valence-electron chi connectivity index (χ0n) is 10.9. The number of ether oxygens (including phenoxy) is 1. The molecule has 0 spiro atoms. The fourth-order valence-electron chi connectivity index (χ4n) is 1.63. The van der Waals surface area contributed by atoms with Crippen molar-refractivity contribution in [2.75, 3.05) is 19.0 Å². The lowest BCUT2D eigenvalue weighted by molar-refractivity contribution is -0.120. The molecule has 0 radical (unpaired) electrons. The van der Waals surface area contributed by atoms with Crippen molar-refractivity contribution in [1.29, 1.82) is 0 Å². The standard InChI is InChI=1S/C13H19ClN2O2/c1-8(2)10(7-15)13(17)16-12-6-9(18-3)4-5-11(12)14/h4-6,8,10H,7,15H2,1-3H3,(H,16,17). The summed E-state index contributed by atoms with van der Waals surface area (Å²) in [6, 6.07) is 5.11. The predicted molar refractivity (Wildman–Crippen MR) is 74.0 cm³/mol. The van der Waals surface area contributed by atoms with Crippen LogP contribution in [0.25, 0.3) is 0 Å². The van der Waals surface area contributed by atoms with Crippen LogP contribution in [-0.4, -0.2) is 19.6 Å². The number of benzene rings is 1. The van der Waals surface area contributed by atoms with E-state index in [0.717, 1.165) is 0 Å². The molecule has 0 fully saturated rings. The number of nitrogens with two attached hydrogens (primary N) is 1. The van der Waals surface area contributed by atoms with E-state index in [-0.39, 0.29) is 17.7 Å². The Morgan fingerprint density at radius 1 is 1.50 bits per heavy atom. The molecule has 0 aliphatic heterocycles. The van der Waals surface area contributed by atoms with Gasteiger partial charge in [-0.25, -0.2) is 0 Å². The van der Waals surface area contributed by atoms with Crippen molar-refractivity contribution < 1.29 is 9.53 Å². The van der Waals surface area contributed by atoms with E-state index >= 15 is 0 Å². The summed E-state index contributed by atoms with van der Waals surface area (Å²) in [6.45, 7) is 4.24. The molecule has 0 heterocycles. The van der Waals surface area contributed by atoms with Gasteiger partial charge in [0.05, 0.1) is 23.7 Å². The first-order chi connectivity index (χ1) is 8.49. The van der Waals surface area contributed by atoms with Gasteiger partial charge in [0, 0.05) is 12.6 Å². The molecule has 1 aromatic carbocycles. The van der Waals surface area contributed by atoms with Gasteiger partial charge in [-0.15, -0.1) is 0 Å². The third-order valence-electron chi connectivity index (χ3n) is 2.83. The van der Waals surface area contributed by atoms with Crippen molar-refractivity contribution in [1.82, 2.24) is 0 Å². The average Bonchev–Trinajstić information content (AvgIpc) is 2.32. The first-order valence-electron chi connectivity index (χ1n) is 5.84. The Kier molecular flexibility index (Phi) is 5.44. The molecule has 3 N–H and O–H groups in total. The second kappa shape index (κ2) is 6.61. The first-order valence-corrected chi connectivity index (χ1v) is 6.21. The van der Waals surface area contributed by atoms with Crippen LogP contribution >= 0.6 is 11.6 Å². The topological polar surface area (TPSA) is 64.3 Å². The Hall–Kier alpha value is -1.26. The molecule has 5 heteroatoms. The van der Waals surface area contributed by atoms with Gasteiger partial charge in [0.2, 0.25) is 5.91 Å². The molecule has 0 saturated heterocycles. The van der Waals surface area contributed by atoms with Crippen LogP contribution in [0.2, 0.25) is 5.02 Å². The summed E-state index contributed by atoms with van der Waals surface area (Å²) in [7, 11) is 1.56. The number of anilines is 1. The van der Waals surface area contributed by atoms with Gasteiger partial charge in [0.1, 0.15) is 5.75 Å². The second-order valence-corrected chi connectivity index (χ2v) is 4.83. The van der Waals surface area contributed by atoms with Crippen LogP contribution in [-0.2, 0) is 4.79 Å². The third kappa shape index (κ3) is 3.62. The highest BCUT2D eigenvalue weighted by Gasteiger charge is 2.21. The van der Waals surface area contributed by atoms with Crippen molar-refractivity contribution in [2.45, 2.75) is 13.8 Å². The lowest BCUT2D eigenvalue weighted by Crippen LogP contribution is -2.33. The van der Waals surface area contributed by atoms with Crippen molar-refractivity contribution >= 4 is 23.2 Å². The lowest BCUT2D eigenvalue weighted by Gasteiger charge is -2.19. The lowest BCUT2D eigenvalue weighted by atomic mass is 9.95. The Labute approximate surface area is 112 Å². The predicted octanol–water partition coefficient (Wildman–Crippen LogP) is 2.52. The van der Waals surface area contributed by atoms with Crippen molar-refractivity contribution in [3.8, 4) is 5.75 Å². The number of hydrogen-bond donors (Lipinski definition) is 2. The number of carbonyl (C=O) groups is 1. The molecule has 1 atom stereocenters. The van der Waals surface area contributed by atoms with E-state index in [1.807, 2.05) is 13.8 Å². The van der Waals surface area contributed by atoms with Gasteiger partial charge < -0.3 is 15.8 Å². The average molecular weight is 271 g/mol. The largest absolute Gasteiger partial charge is 0.497 e. The summed E-state index contributed by atoms with van der Waals surface area (Å²) in [5.74, 6) is 0.470. The number of methoxy groups -OCH3 is 1. The minimum atomic E-state index is -0.229. The van der Waals surface area contributed by atoms with Crippen LogP contribution in [0.5, 0.6) is 5.75 Å². The van der Waals surface area contributed by atoms with E-state index in [2.05, 4.69) is 5.32 Å². The molecule has 0 aliphatic carbocycles. The molecule has 100 valence electrons. The molecule has 1 aromatic rings. The number of nitrogens with one attached hydrogen (secondary N) is 1. The molecule has 1 unspecified atom stereocenters. The monoisotopic (exact) mass is 270 g/mol. The highest BCUT2D eigenvalue weighted by molar-refractivity contribution is 6.33. The smallest absolute Gasteiger partial charge is 0.229 e. The maximum atomic E-state index is 12.0. The number of rotatable bonds is 5. The van der Waals surface area contributed by atoms with Crippen molar-refractivity contribution in [3.63, 3.8) is 0 Å². The molecule has 0 bridgehead atoms. The van der Waals surface area contributed by atoms with Gasteiger partial charge in [-0.3, -0.25) is 4.79 Å². The van der Waals surface area contributed by atoms with Crippen LogP contribution < -0.4 is 15.8 Å². The van der Waals surface area contributed by atoms with Crippen LogP contribution in [0.4, 0.5) is 5.69 Å². The van der Waals surface area contributed by atoms with Gasteiger partial charge in [-0.05, 0) is 18.1 Å². The fourth-order valence-corrected chi connectivity index (χ4v) is 1.80. The Morgan fingerprint density at radius 2 is 2.17 bits per heavy atom. The first kappa shape index (κ1) is 14.8. The fraction of sp³-hybridized carbons (Fsp3) is 0.462. The Bertz CT molecular complexity index is 421. The molecule has 0 saturated carbocycles. The number of carbonyl (C=O) groups excluding carboxylic acids is 1. The molecule has 4 nitrogen and oxygen atoms in total. The summed E-state index contributed by atoms with van der Waals surface area (Å²) in [5.41, 5.74) is 6.15. The van der Waals surface area contributed by atoms with E-state index in [9.17, 15) is 4.79 Å². The number of hydrogen-bond acceptors (Lipinski definition) is 3. The highest BCUT2D eigenvalue weighted by atomic mass is 35.5. The summed E-state index contributed by atoms with van der Waals surface area (Å²) in [4.78, 5) is 12.0. The number of amides is 1. The second-order valence-electron chi connectivity index (χ2n) is 4.42. The van der Waals surface area contributed by atoms with Crippen LogP contribution in [0.3, 0.4) is 0 Å². The summed E-state index contributed by atoms with van der Waals surface area (Å²) in [5, 5.41) is 3.26. The molecular weight excluding hydrogens is 252 g/mol. The van der Waals surface area contributed by atoms with Gasteiger partial charge in [-0.2, -0.15) is 0 Å². The summed E-state index contributed by atoms with van der Waals surface area (Å²) < 4.78 is 5.09. The van der Waals surface area contributed by atoms with Crippen molar-refractivity contribution in [2.24, 2.45) is 17.6 Å². The number of halogens is 1. The van der Waals surface area contributed by atoms with E-state index in [1.54, 1.807) is 25.3 Å². The van der Waals surface area contributed by atoms with E-state index < -0.39 is 0 Å². The SMILES string of the molecule is COc1ccc(Cl)c(NC(=O)C(CN)C(C)C)c1. The molecule has 1 amide bonds. The third-order valence-corrected chi connectivity index (χ3v) is 3.16. The highest BCUT2D eigenvalue weighted by Crippen LogP contribution is 2.27. The van der Waals surface area contributed by atoms with E-state index in [0.29, 0.717) is 23.0 Å². The summed E-state index contributed by atoms with van der Waals surface area (Å²) >= 11 is 6.02. The Morgan fingerprint density at radius 3 is 2.67 bits per heavy atom.